The molecule has 1 heterocycles. The molecule has 0 aliphatic heterocycles. The molecule has 0 spiro atoms. The van der Waals surface area contributed by atoms with Crippen LogP contribution >= 0.6 is 0 Å². The highest BCUT2D eigenvalue weighted by Crippen LogP contribution is 2.38. The van der Waals surface area contributed by atoms with Crippen LogP contribution in [0.2, 0.25) is 18.1 Å². The molecule has 0 N–H and O–H groups in total. The Hall–Kier alpha value is -4.04. The third-order valence-electron chi connectivity index (χ3n) is 7.98. The molecule has 2 aromatic carbocycles. The Labute approximate surface area is 296 Å². The number of hydrogen-bond acceptors (Lipinski definition) is 12. The summed E-state index contributed by atoms with van der Waals surface area (Å²) >= 11 is 0. The van der Waals surface area contributed by atoms with Crippen molar-refractivity contribution >= 4 is 20.3 Å². The van der Waals surface area contributed by atoms with E-state index in [0.29, 0.717) is 74.0 Å². The van der Waals surface area contributed by atoms with Gasteiger partial charge < -0.3 is 37.6 Å². The van der Waals surface area contributed by atoms with E-state index < -0.39 is 26.4 Å². The Balaban J connectivity index is 1.77. The molecule has 274 valence electrons. The minimum Gasteiger partial charge on any atom is -0.543 e. The number of para-hydroxylation sites is 1. The summed E-state index contributed by atoms with van der Waals surface area (Å²) in [5.41, 5.74) is 1.97. The summed E-state index contributed by atoms with van der Waals surface area (Å²) in [4.78, 5) is 33.9. The van der Waals surface area contributed by atoms with Crippen molar-refractivity contribution < 1.29 is 47.2 Å². The van der Waals surface area contributed by atoms with Gasteiger partial charge in [-0.15, -0.1) is 0 Å². The van der Waals surface area contributed by atoms with Crippen LogP contribution in [0.1, 0.15) is 45.9 Å². The number of benzene rings is 2. The molecule has 0 bridgehead atoms. The van der Waals surface area contributed by atoms with Gasteiger partial charge in [0.1, 0.15) is 30.5 Å². The summed E-state index contributed by atoms with van der Waals surface area (Å²) in [5.74, 6) is 1.01. The zero-order valence-electron chi connectivity index (χ0n) is 30.6. The van der Waals surface area contributed by atoms with Crippen molar-refractivity contribution in [3.63, 3.8) is 0 Å². The molecule has 0 aliphatic rings. The van der Waals surface area contributed by atoms with Gasteiger partial charge in [0.05, 0.1) is 50.9 Å². The van der Waals surface area contributed by atoms with Gasteiger partial charge in [0.2, 0.25) is 14.4 Å². The molecule has 50 heavy (non-hydrogen) atoms. The number of ether oxygens (including phenoxy) is 7. The van der Waals surface area contributed by atoms with Crippen LogP contribution in [0, 0.1) is 0 Å². The minimum absolute atomic E-state index is 0.0326. The minimum atomic E-state index is -2.18. The molecule has 12 nitrogen and oxygen atoms in total. The third-order valence-corrected chi connectivity index (χ3v) is 12.3. The Morgan fingerprint density at radius 2 is 1.58 bits per heavy atom. The molecule has 3 rings (SSSR count). The number of nitrogens with zero attached hydrogens (tertiary/aromatic N) is 2. The van der Waals surface area contributed by atoms with Crippen molar-refractivity contribution in [1.29, 1.82) is 0 Å². The van der Waals surface area contributed by atoms with Crippen LogP contribution in [0.25, 0.3) is 11.4 Å². The number of carbonyl (C=O) groups is 2. The van der Waals surface area contributed by atoms with Crippen molar-refractivity contribution in [2.45, 2.75) is 71.9 Å². The quantitative estimate of drug-likeness (QED) is 0.0707. The fraction of sp³-hybridized carbons (Fsp3) is 0.514. The molecule has 0 unspecified atom stereocenters. The van der Waals surface area contributed by atoms with Gasteiger partial charge in [0.25, 0.3) is 0 Å². The largest absolute Gasteiger partial charge is 0.543 e. The molecule has 0 saturated carbocycles. The second kappa shape index (κ2) is 20.0. The first-order valence-corrected chi connectivity index (χ1v) is 19.7. The highest BCUT2D eigenvalue weighted by molar-refractivity contribution is 6.74. The maximum absolute atomic E-state index is 12.8. The lowest BCUT2D eigenvalue weighted by Crippen LogP contribution is -2.43. The van der Waals surface area contributed by atoms with E-state index in [1.165, 1.54) is 6.92 Å². The van der Waals surface area contributed by atoms with Crippen molar-refractivity contribution in [2.24, 2.45) is 0 Å². The van der Waals surface area contributed by atoms with Crippen LogP contribution < -0.4 is 13.9 Å². The number of aromatic nitrogens is 2. The lowest BCUT2D eigenvalue weighted by Gasteiger charge is -2.36. The van der Waals surface area contributed by atoms with E-state index in [4.69, 9.17) is 42.6 Å². The first-order valence-electron chi connectivity index (χ1n) is 16.8. The first kappa shape index (κ1) is 40.4. The zero-order valence-corrected chi connectivity index (χ0v) is 31.6. The van der Waals surface area contributed by atoms with Crippen molar-refractivity contribution in [3.8, 4) is 28.6 Å². The second-order valence-corrected chi connectivity index (χ2v) is 17.6. The molecule has 3 aromatic rings. The van der Waals surface area contributed by atoms with Gasteiger partial charge in [0, 0.05) is 32.2 Å². The average molecular weight is 713 g/mol. The topological polar surface area (TPSA) is 134 Å². The molecule has 1 atom stereocenters. The van der Waals surface area contributed by atoms with Crippen LogP contribution in [-0.2, 0) is 46.3 Å². The highest BCUT2D eigenvalue weighted by Gasteiger charge is 2.39. The Morgan fingerprint density at radius 1 is 0.880 bits per heavy atom. The van der Waals surface area contributed by atoms with Gasteiger partial charge in [-0.2, -0.15) is 0 Å². The summed E-state index contributed by atoms with van der Waals surface area (Å²) < 4.78 is 45.4. The zero-order chi connectivity index (χ0) is 36.6. The van der Waals surface area contributed by atoms with Crippen LogP contribution in [0.4, 0.5) is 0 Å². The van der Waals surface area contributed by atoms with Crippen LogP contribution in [0.15, 0.2) is 54.7 Å². The predicted molar refractivity (Wildman–Crippen MR) is 191 cm³/mol. The normalized spacial score (nSPS) is 12.2. The molecular formula is C37H52N2O10Si. The van der Waals surface area contributed by atoms with E-state index in [9.17, 15) is 9.59 Å². The van der Waals surface area contributed by atoms with Gasteiger partial charge in [0.15, 0.2) is 5.82 Å². The summed E-state index contributed by atoms with van der Waals surface area (Å²) in [5, 5.41) is -0.0326. The molecule has 0 saturated heterocycles. The molecule has 0 aliphatic carbocycles. The second-order valence-electron chi connectivity index (χ2n) is 12.9. The van der Waals surface area contributed by atoms with E-state index >= 15 is 0 Å². The van der Waals surface area contributed by atoms with Crippen LogP contribution in [0.3, 0.4) is 0 Å². The van der Waals surface area contributed by atoms with E-state index in [-0.39, 0.29) is 24.7 Å². The van der Waals surface area contributed by atoms with Crippen LogP contribution in [-0.4, -0.2) is 89.7 Å². The van der Waals surface area contributed by atoms with E-state index in [1.54, 1.807) is 32.4 Å². The van der Waals surface area contributed by atoms with Gasteiger partial charge in [-0.05, 0) is 61.5 Å². The molecular weight excluding hydrogens is 660 g/mol. The van der Waals surface area contributed by atoms with E-state index in [0.717, 1.165) is 5.56 Å². The van der Waals surface area contributed by atoms with Gasteiger partial charge in [-0.1, -0.05) is 32.9 Å². The maximum atomic E-state index is 12.8. The van der Waals surface area contributed by atoms with Crippen molar-refractivity contribution in [1.82, 2.24) is 9.97 Å². The molecule has 1 aromatic heterocycles. The molecule has 0 amide bonds. The molecule has 13 heteroatoms. The first-order chi connectivity index (χ1) is 23.8. The van der Waals surface area contributed by atoms with Gasteiger partial charge >= 0.3 is 11.9 Å². The summed E-state index contributed by atoms with van der Waals surface area (Å²) in [6.07, 6.45) is 0.547. The number of methoxy groups -OCH3 is 1. The van der Waals surface area contributed by atoms with E-state index in [1.807, 2.05) is 36.4 Å². The third kappa shape index (κ3) is 13.0. The lowest BCUT2D eigenvalue weighted by molar-refractivity contribution is -0.166. The van der Waals surface area contributed by atoms with Crippen molar-refractivity contribution in [3.05, 3.63) is 66.0 Å². The Kier molecular flexibility index (Phi) is 16.1. The van der Waals surface area contributed by atoms with Gasteiger partial charge in [-0.25, -0.2) is 14.8 Å². The number of hydrogen-bond donors (Lipinski definition) is 0. The summed E-state index contributed by atoms with van der Waals surface area (Å²) in [6, 6.07) is 14.8. The predicted octanol–water partition coefficient (Wildman–Crippen LogP) is 6.20. The monoisotopic (exact) mass is 712 g/mol. The van der Waals surface area contributed by atoms with Crippen LogP contribution in [0.5, 0.6) is 17.2 Å². The lowest BCUT2D eigenvalue weighted by atomic mass is 10.1. The Bertz CT molecular complexity index is 1510. The SMILES string of the molecule is CCOC(=O)[C@@H](Cc1cc(O[Si](C)(C)C(C)(C)C)ccc1OCc1ccnc(-c2ccccc2OCCOCCOCCOC)n1)OC(C)=O. The van der Waals surface area contributed by atoms with Crippen molar-refractivity contribution in [2.75, 3.05) is 53.4 Å². The molecule has 0 radical (unpaired) electrons. The maximum Gasteiger partial charge on any atom is 0.347 e. The summed E-state index contributed by atoms with van der Waals surface area (Å²) in [7, 11) is -0.550. The number of rotatable bonds is 21. The van der Waals surface area contributed by atoms with Gasteiger partial charge in [-0.3, -0.25) is 4.79 Å². The molecule has 0 fully saturated rings. The Morgan fingerprint density at radius 3 is 2.26 bits per heavy atom. The standard InChI is InChI=1S/C37H52N2O10Si/c1-9-45-36(41)34(48-27(2)40)25-28-24-30(49-50(7,8)37(3,4)5)14-15-32(28)47-26-29-16-17-38-35(39-29)31-12-10-11-13-33(31)46-23-22-44-21-20-43-19-18-42-6/h10-17,24,34H,9,18-23,25-26H2,1-8H3/t34-/m1/s1. The smallest absolute Gasteiger partial charge is 0.347 e. The fourth-order valence-electron chi connectivity index (χ4n) is 4.39. The van der Waals surface area contributed by atoms with E-state index in [2.05, 4.69) is 38.8 Å². The fourth-order valence-corrected chi connectivity index (χ4v) is 5.41. The average Bonchev–Trinajstić information content (AvgIpc) is 3.06. The highest BCUT2D eigenvalue weighted by atomic mass is 28.4. The number of carbonyl (C=O) groups excluding carboxylic acids is 2. The summed E-state index contributed by atoms with van der Waals surface area (Å²) in [6.45, 7) is 16.8. The number of esters is 2.